The van der Waals surface area contributed by atoms with Crippen LogP contribution in [0.4, 0.5) is 5.69 Å². The summed E-state index contributed by atoms with van der Waals surface area (Å²) in [6.45, 7) is 3.75. The molecule has 0 aromatic heterocycles. The van der Waals surface area contributed by atoms with Gasteiger partial charge in [-0.25, -0.2) is 8.42 Å². The van der Waals surface area contributed by atoms with Gasteiger partial charge in [-0.3, -0.25) is 9.59 Å². The van der Waals surface area contributed by atoms with Gasteiger partial charge in [-0.05, 0) is 48.7 Å². The molecular formula is C22H23ClN2O4S. The smallest absolute Gasteiger partial charge is 0.245 e. The molecular weight excluding hydrogens is 424 g/mol. The van der Waals surface area contributed by atoms with E-state index in [2.05, 4.69) is 6.58 Å². The number of sulfone groups is 1. The normalized spacial score (nSPS) is 17.9. The van der Waals surface area contributed by atoms with Gasteiger partial charge in [0.15, 0.2) is 15.6 Å². The van der Waals surface area contributed by atoms with Crippen molar-refractivity contribution in [2.45, 2.75) is 36.7 Å². The van der Waals surface area contributed by atoms with Gasteiger partial charge in [0.25, 0.3) is 0 Å². The van der Waals surface area contributed by atoms with Gasteiger partial charge >= 0.3 is 0 Å². The van der Waals surface area contributed by atoms with Gasteiger partial charge in [-0.1, -0.05) is 29.8 Å². The number of halogens is 1. The Morgan fingerprint density at radius 2 is 1.93 bits per heavy atom. The first-order valence-corrected chi connectivity index (χ1v) is 11.6. The maximum atomic E-state index is 13.0. The van der Waals surface area contributed by atoms with E-state index in [1.807, 2.05) is 0 Å². The number of rotatable bonds is 7. The van der Waals surface area contributed by atoms with Crippen molar-refractivity contribution >= 4 is 38.8 Å². The van der Waals surface area contributed by atoms with Gasteiger partial charge in [0.2, 0.25) is 5.91 Å². The number of unbranched alkanes of at least 4 members (excludes halogenated alkanes) is 1. The number of amides is 1. The van der Waals surface area contributed by atoms with Crippen LogP contribution in [0.2, 0.25) is 5.02 Å². The van der Waals surface area contributed by atoms with Crippen molar-refractivity contribution in [2.24, 2.45) is 5.73 Å². The quantitative estimate of drug-likeness (QED) is 0.398. The molecule has 30 heavy (non-hydrogen) atoms. The maximum absolute atomic E-state index is 13.0. The monoisotopic (exact) mass is 446 g/mol. The number of nitrogens with zero attached hydrogens (tertiary/aromatic N) is 1. The molecule has 0 saturated carbocycles. The van der Waals surface area contributed by atoms with Crippen molar-refractivity contribution in [3.8, 4) is 0 Å². The summed E-state index contributed by atoms with van der Waals surface area (Å²) in [7, 11) is -3.79. The van der Waals surface area contributed by atoms with Gasteiger partial charge in [0, 0.05) is 17.0 Å². The van der Waals surface area contributed by atoms with Crippen molar-refractivity contribution in [1.82, 2.24) is 0 Å². The highest BCUT2D eigenvalue weighted by Gasteiger charge is 2.36. The Bertz CT molecular complexity index is 1080. The van der Waals surface area contributed by atoms with Crippen molar-refractivity contribution in [2.75, 3.05) is 10.7 Å². The Kier molecular flexibility index (Phi) is 6.75. The van der Waals surface area contributed by atoms with Crippen LogP contribution in [0.5, 0.6) is 0 Å². The Hall–Kier alpha value is -2.48. The molecule has 0 aliphatic carbocycles. The van der Waals surface area contributed by atoms with Crippen LogP contribution in [-0.2, 0) is 21.2 Å². The number of fused-ring (bicyclic) bond motifs is 1. The summed E-state index contributed by atoms with van der Waals surface area (Å²) in [6, 6.07) is 10.1. The summed E-state index contributed by atoms with van der Waals surface area (Å²) in [5, 5.41) is 0.549. The lowest BCUT2D eigenvalue weighted by Crippen LogP contribution is -2.45. The Labute approximate surface area is 181 Å². The lowest BCUT2D eigenvalue weighted by molar-refractivity contribution is -0.119. The number of ketones is 1. The highest BCUT2D eigenvalue weighted by molar-refractivity contribution is 7.91. The molecule has 158 valence electrons. The van der Waals surface area contributed by atoms with Crippen LogP contribution in [-0.4, -0.2) is 31.9 Å². The fourth-order valence-corrected chi connectivity index (χ4v) is 5.05. The predicted octanol–water partition coefficient (Wildman–Crippen LogP) is 3.53. The average molecular weight is 447 g/mol. The molecule has 2 aromatic rings. The second kappa shape index (κ2) is 9.12. The van der Waals surface area contributed by atoms with E-state index in [0.29, 0.717) is 29.8 Å². The molecule has 0 bridgehead atoms. The minimum Gasteiger partial charge on any atom is -0.319 e. The van der Waals surface area contributed by atoms with Gasteiger partial charge in [-0.2, -0.15) is 0 Å². The zero-order valence-electron chi connectivity index (χ0n) is 16.4. The van der Waals surface area contributed by atoms with E-state index in [9.17, 15) is 18.0 Å². The van der Waals surface area contributed by atoms with Gasteiger partial charge in [-0.15, -0.1) is 6.58 Å². The molecule has 0 fully saturated rings. The third-order valence-electron chi connectivity index (χ3n) is 4.96. The molecule has 1 heterocycles. The zero-order chi connectivity index (χ0) is 21.9. The molecule has 8 heteroatoms. The van der Waals surface area contributed by atoms with Crippen LogP contribution in [0.1, 0.15) is 35.2 Å². The third-order valence-corrected chi connectivity index (χ3v) is 7.02. The Morgan fingerprint density at radius 1 is 1.23 bits per heavy atom. The lowest BCUT2D eigenvalue weighted by atomic mass is 10.0. The summed E-state index contributed by atoms with van der Waals surface area (Å²) in [5.41, 5.74) is 7.21. The number of Topliss-reactive ketones (excluding diaryl/α,β-unsaturated/α-hetero) is 1. The molecule has 1 atom stereocenters. The van der Waals surface area contributed by atoms with Crippen LogP contribution in [0.15, 0.2) is 60.0 Å². The van der Waals surface area contributed by atoms with Crippen molar-refractivity contribution < 1.29 is 18.0 Å². The third kappa shape index (κ3) is 4.80. The van der Waals surface area contributed by atoms with E-state index in [1.165, 1.54) is 23.1 Å². The molecule has 0 spiro atoms. The molecule has 1 aliphatic rings. The fraction of sp³-hybridized carbons (Fsp3) is 0.273. The fourth-order valence-electron chi connectivity index (χ4n) is 3.37. The molecule has 0 saturated heterocycles. The first kappa shape index (κ1) is 22.2. The SMILES string of the molecule is C=CCCCC(=O)c1ccc2c(c1)N(Cc1ccc(Cl)cc1)C(=O)[C@@H](N)CS2(=O)=O. The van der Waals surface area contributed by atoms with Gasteiger partial charge in [0.1, 0.15) is 0 Å². The van der Waals surface area contributed by atoms with Crippen LogP contribution in [0.25, 0.3) is 0 Å². The van der Waals surface area contributed by atoms with Gasteiger partial charge in [0.05, 0.1) is 28.9 Å². The molecule has 1 amide bonds. The number of anilines is 1. The molecule has 2 aromatic carbocycles. The van der Waals surface area contributed by atoms with Crippen LogP contribution >= 0.6 is 11.6 Å². The molecule has 2 N–H and O–H groups in total. The van der Waals surface area contributed by atoms with E-state index in [4.69, 9.17) is 17.3 Å². The highest BCUT2D eigenvalue weighted by Crippen LogP contribution is 2.33. The van der Waals surface area contributed by atoms with Crippen LogP contribution < -0.4 is 10.6 Å². The van der Waals surface area contributed by atoms with Crippen molar-refractivity contribution in [1.29, 1.82) is 0 Å². The summed E-state index contributed by atoms with van der Waals surface area (Å²) >= 11 is 5.94. The lowest BCUT2D eigenvalue weighted by Gasteiger charge is -2.24. The Balaban J connectivity index is 2.06. The molecule has 0 radical (unpaired) electrons. The summed E-state index contributed by atoms with van der Waals surface area (Å²) in [4.78, 5) is 26.9. The molecule has 6 nitrogen and oxygen atoms in total. The van der Waals surface area contributed by atoms with E-state index >= 15 is 0 Å². The first-order chi connectivity index (χ1) is 14.2. The standard InChI is InChI=1S/C22H23ClN2O4S/c1-2-3-4-5-20(26)16-8-11-21-19(12-16)25(13-15-6-9-17(23)10-7-15)22(27)18(24)14-30(21,28)29/h2,6-12,18H,1,3-5,13-14,24H2/t18-/m0/s1. The summed E-state index contributed by atoms with van der Waals surface area (Å²) in [5.74, 6) is -1.12. The topological polar surface area (TPSA) is 97.5 Å². The van der Waals surface area contributed by atoms with Crippen LogP contribution in [0, 0.1) is 0 Å². The Morgan fingerprint density at radius 3 is 2.60 bits per heavy atom. The number of allylic oxidation sites excluding steroid dienone is 1. The number of hydrogen-bond donors (Lipinski definition) is 1. The molecule has 3 rings (SSSR count). The van der Waals surface area contributed by atoms with E-state index < -0.39 is 27.5 Å². The number of nitrogens with two attached hydrogens (primary N) is 1. The van der Waals surface area contributed by atoms with Gasteiger partial charge < -0.3 is 10.6 Å². The summed E-state index contributed by atoms with van der Waals surface area (Å²) < 4.78 is 25.6. The minimum atomic E-state index is -3.79. The van der Waals surface area contributed by atoms with Crippen molar-refractivity contribution in [3.05, 3.63) is 71.3 Å². The molecule has 1 aliphatic heterocycles. The first-order valence-electron chi connectivity index (χ1n) is 9.55. The molecule has 0 unspecified atom stereocenters. The summed E-state index contributed by atoms with van der Waals surface area (Å²) in [6.07, 6.45) is 3.41. The zero-order valence-corrected chi connectivity index (χ0v) is 18.0. The largest absolute Gasteiger partial charge is 0.319 e. The average Bonchev–Trinajstić information content (AvgIpc) is 2.78. The maximum Gasteiger partial charge on any atom is 0.245 e. The van der Waals surface area contributed by atoms with E-state index in [0.717, 1.165) is 5.56 Å². The predicted molar refractivity (Wildman–Crippen MR) is 117 cm³/mol. The second-order valence-electron chi connectivity index (χ2n) is 7.23. The van der Waals surface area contributed by atoms with Crippen LogP contribution in [0.3, 0.4) is 0 Å². The van der Waals surface area contributed by atoms with E-state index in [-0.39, 0.29) is 22.9 Å². The van der Waals surface area contributed by atoms with E-state index in [1.54, 1.807) is 30.3 Å². The minimum absolute atomic E-state index is 0.000375. The number of benzene rings is 2. The number of carbonyl (C=O) groups excluding carboxylic acids is 2. The second-order valence-corrected chi connectivity index (χ2v) is 9.66. The van der Waals surface area contributed by atoms with Crippen molar-refractivity contribution in [3.63, 3.8) is 0 Å². The number of carbonyl (C=O) groups is 2. The number of hydrogen-bond acceptors (Lipinski definition) is 5. The highest BCUT2D eigenvalue weighted by atomic mass is 35.5.